The van der Waals surface area contributed by atoms with Gasteiger partial charge in [0.1, 0.15) is 0 Å². The summed E-state index contributed by atoms with van der Waals surface area (Å²) in [5.41, 5.74) is 1.17. The third-order valence-electron chi connectivity index (χ3n) is 2.49. The van der Waals surface area contributed by atoms with Crippen molar-refractivity contribution in [2.24, 2.45) is 5.92 Å². The van der Waals surface area contributed by atoms with Gasteiger partial charge in [-0.05, 0) is 11.6 Å². The van der Waals surface area contributed by atoms with Gasteiger partial charge in [-0.3, -0.25) is 4.98 Å². The van der Waals surface area contributed by atoms with Crippen molar-refractivity contribution in [1.29, 1.82) is 5.26 Å². The van der Waals surface area contributed by atoms with Crippen LogP contribution in [-0.2, 0) is 0 Å². The molecule has 3 nitrogen and oxygen atoms in total. The molecule has 1 aliphatic rings. The zero-order valence-corrected chi connectivity index (χ0v) is 7.27. The molecule has 1 fully saturated rings. The van der Waals surface area contributed by atoms with Crippen molar-refractivity contribution in [2.45, 2.75) is 5.92 Å². The van der Waals surface area contributed by atoms with Gasteiger partial charge in [-0.1, -0.05) is 6.07 Å². The molecular formula is C10H11N3. The van der Waals surface area contributed by atoms with E-state index in [2.05, 4.69) is 16.4 Å². The summed E-state index contributed by atoms with van der Waals surface area (Å²) in [7, 11) is 0. The number of hydrogen-bond acceptors (Lipinski definition) is 3. The summed E-state index contributed by atoms with van der Waals surface area (Å²) in [5.74, 6) is 0.419. The van der Waals surface area contributed by atoms with Crippen LogP contribution in [0.2, 0.25) is 0 Å². The molecule has 2 atom stereocenters. The van der Waals surface area contributed by atoms with Crippen LogP contribution in [0.25, 0.3) is 0 Å². The first kappa shape index (κ1) is 8.21. The third-order valence-corrected chi connectivity index (χ3v) is 2.49. The molecule has 2 rings (SSSR count). The van der Waals surface area contributed by atoms with Gasteiger partial charge >= 0.3 is 0 Å². The largest absolute Gasteiger partial charge is 0.315 e. The van der Waals surface area contributed by atoms with Crippen LogP contribution in [0.3, 0.4) is 0 Å². The topological polar surface area (TPSA) is 48.7 Å². The molecule has 0 aliphatic carbocycles. The summed E-state index contributed by atoms with van der Waals surface area (Å²) in [6.45, 7) is 1.69. The monoisotopic (exact) mass is 173 g/mol. The molecule has 0 aromatic carbocycles. The number of pyridine rings is 1. The molecule has 3 heteroatoms. The Morgan fingerprint density at radius 1 is 1.54 bits per heavy atom. The fraction of sp³-hybridized carbons (Fsp3) is 0.400. The molecule has 0 bridgehead atoms. The molecule has 13 heavy (non-hydrogen) atoms. The van der Waals surface area contributed by atoms with Crippen molar-refractivity contribution >= 4 is 0 Å². The normalized spacial score (nSPS) is 27.0. The van der Waals surface area contributed by atoms with E-state index in [1.807, 2.05) is 18.3 Å². The van der Waals surface area contributed by atoms with E-state index in [4.69, 9.17) is 5.26 Å². The zero-order valence-electron chi connectivity index (χ0n) is 7.27. The molecule has 1 aromatic rings. The van der Waals surface area contributed by atoms with Gasteiger partial charge in [0.2, 0.25) is 0 Å². The lowest BCUT2D eigenvalue weighted by atomic mass is 9.91. The van der Waals surface area contributed by atoms with Crippen LogP contribution < -0.4 is 5.32 Å². The molecule has 1 saturated heterocycles. The Morgan fingerprint density at radius 3 is 3.15 bits per heavy atom. The van der Waals surface area contributed by atoms with E-state index < -0.39 is 0 Å². The van der Waals surface area contributed by atoms with Crippen molar-refractivity contribution in [2.75, 3.05) is 13.1 Å². The average Bonchev–Trinajstić information content (AvgIpc) is 2.67. The van der Waals surface area contributed by atoms with Crippen LogP contribution >= 0.6 is 0 Å². The molecule has 0 spiro atoms. The number of rotatable bonds is 1. The van der Waals surface area contributed by atoms with Crippen molar-refractivity contribution in [1.82, 2.24) is 10.3 Å². The Balaban J connectivity index is 2.22. The number of hydrogen-bond donors (Lipinski definition) is 1. The highest BCUT2D eigenvalue weighted by molar-refractivity contribution is 5.21. The Kier molecular flexibility index (Phi) is 2.24. The Morgan fingerprint density at radius 2 is 2.46 bits per heavy atom. The molecule has 1 aromatic heterocycles. The van der Waals surface area contributed by atoms with Crippen molar-refractivity contribution in [3.8, 4) is 6.07 Å². The van der Waals surface area contributed by atoms with Crippen molar-refractivity contribution in [3.63, 3.8) is 0 Å². The molecular weight excluding hydrogens is 162 g/mol. The molecule has 2 heterocycles. The smallest absolute Gasteiger partial charge is 0.0676 e. The predicted octanol–water partition coefficient (Wildman–Crippen LogP) is 0.908. The van der Waals surface area contributed by atoms with Crippen LogP contribution in [0.5, 0.6) is 0 Å². The molecule has 0 amide bonds. The van der Waals surface area contributed by atoms with Gasteiger partial charge in [-0.2, -0.15) is 5.26 Å². The minimum Gasteiger partial charge on any atom is -0.315 e. The molecule has 1 aliphatic heterocycles. The lowest BCUT2D eigenvalue weighted by molar-refractivity contribution is 0.644. The second kappa shape index (κ2) is 3.55. The maximum Gasteiger partial charge on any atom is 0.0676 e. The predicted molar refractivity (Wildman–Crippen MR) is 49.0 cm³/mol. The van der Waals surface area contributed by atoms with E-state index >= 15 is 0 Å². The number of nitriles is 1. The lowest BCUT2D eigenvalue weighted by Gasteiger charge is -2.10. The number of nitrogens with zero attached hydrogens (tertiary/aromatic N) is 2. The number of nitrogens with one attached hydrogen (secondary N) is 1. The summed E-state index contributed by atoms with van der Waals surface area (Å²) < 4.78 is 0. The summed E-state index contributed by atoms with van der Waals surface area (Å²) >= 11 is 0. The highest BCUT2D eigenvalue weighted by atomic mass is 14.9. The first-order chi connectivity index (χ1) is 6.42. The molecule has 0 saturated carbocycles. The Hall–Kier alpha value is -1.40. The second-order valence-corrected chi connectivity index (χ2v) is 3.29. The average molecular weight is 173 g/mol. The van der Waals surface area contributed by atoms with E-state index in [0.717, 1.165) is 13.1 Å². The van der Waals surface area contributed by atoms with Crippen LogP contribution in [0.4, 0.5) is 0 Å². The minimum absolute atomic E-state index is 0.101. The minimum atomic E-state index is 0.101. The highest BCUT2D eigenvalue weighted by Gasteiger charge is 2.27. The van der Waals surface area contributed by atoms with E-state index in [1.54, 1.807) is 6.20 Å². The molecule has 0 radical (unpaired) electrons. The van der Waals surface area contributed by atoms with E-state index in [1.165, 1.54) is 5.56 Å². The van der Waals surface area contributed by atoms with Crippen LogP contribution in [0.15, 0.2) is 24.5 Å². The summed E-state index contributed by atoms with van der Waals surface area (Å²) in [6.07, 6.45) is 3.61. The van der Waals surface area contributed by atoms with Gasteiger partial charge < -0.3 is 5.32 Å². The first-order valence-corrected chi connectivity index (χ1v) is 4.42. The maximum absolute atomic E-state index is 8.89. The van der Waals surface area contributed by atoms with Gasteiger partial charge in [0, 0.05) is 31.4 Å². The van der Waals surface area contributed by atoms with Gasteiger partial charge in [-0.15, -0.1) is 0 Å². The number of aromatic nitrogens is 1. The second-order valence-electron chi connectivity index (χ2n) is 3.29. The highest BCUT2D eigenvalue weighted by Crippen LogP contribution is 2.26. The fourth-order valence-electron chi connectivity index (χ4n) is 1.76. The molecule has 1 N–H and O–H groups in total. The molecule has 0 unspecified atom stereocenters. The van der Waals surface area contributed by atoms with E-state index in [0.29, 0.717) is 5.92 Å². The van der Waals surface area contributed by atoms with Gasteiger partial charge in [0.05, 0.1) is 12.0 Å². The third kappa shape index (κ3) is 1.53. The van der Waals surface area contributed by atoms with E-state index in [-0.39, 0.29) is 5.92 Å². The standard InChI is InChI=1S/C10H11N3/c11-4-9-6-13-7-10(9)8-2-1-3-12-5-8/h1-3,5,9-10,13H,6-7H2/t9-,10-/m1/s1. The van der Waals surface area contributed by atoms with E-state index in [9.17, 15) is 0 Å². The fourth-order valence-corrected chi connectivity index (χ4v) is 1.76. The van der Waals surface area contributed by atoms with Crippen molar-refractivity contribution in [3.05, 3.63) is 30.1 Å². The lowest BCUT2D eigenvalue weighted by Crippen LogP contribution is -2.08. The zero-order chi connectivity index (χ0) is 9.10. The SMILES string of the molecule is N#C[C@@H]1CNC[C@@H]1c1cccnc1. The van der Waals surface area contributed by atoms with Gasteiger partial charge in [-0.25, -0.2) is 0 Å². The molecule has 66 valence electrons. The Bertz CT molecular complexity index is 315. The summed E-state index contributed by atoms with van der Waals surface area (Å²) in [4.78, 5) is 4.06. The van der Waals surface area contributed by atoms with Crippen LogP contribution in [0.1, 0.15) is 11.5 Å². The van der Waals surface area contributed by atoms with Gasteiger partial charge in [0.15, 0.2) is 0 Å². The van der Waals surface area contributed by atoms with Crippen LogP contribution in [-0.4, -0.2) is 18.1 Å². The summed E-state index contributed by atoms with van der Waals surface area (Å²) in [5, 5.41) is 12.1. The van der Waals surface area contributed by atoms with Gasteiger partial charge in [0.25, 0.3) is 0 Å². The van der Waals surface area contributed by atoms with Crippen molar-refractivity contribution < 1.29 is 0 Å². The first-order valence-electron chi connectivity index (χ1n) is 4.42. The Labute approximate surface area is 77.4 Å². The maximum atomic E-state index is 8.89. The quantitative estimate of drug-likeness (QED) is 0.686. The summed E-state index contributed by atoms with van der Waals surface area (Å²) in [6, 6.07) is 6.28. The van der Waals surface area contributed by atoms with Crippen LogP contribution in [0, 0.1) is 17.2 Å².